The Labute approximate surface area is 143 Å². The summed E-state index contributed by atoms with van der Waals surface area (Å²) in [6.45, 7) is 1.22. The third-order valence-corrected chi connectivity index (χ3v) is 4.31. The van der Waals surface area contributed by atoms with Crippen molar-refractivity contribution in [2.45, 2.75) is 25.2 Å². The van der Waals surface area contributed by atoms with Gasteiger partial charge in [0.05, 0.1) is 24.5 Å². The summed E-state index contributed by atoms with van der Waals surface area (Å²) >= 11 is 11.5. The predicted octanol–water partition coefficient (Wildman–Crippen LogP) is 3.51. The zero-order chi connectivity index (χ0) is 15.8. The molecule has 23 heavy (non-hydrogen) atoms. The van der Waals surface area contributed by atoms with Crippen LogP contribution in [0.25, 0.3) is 0 Å². The van der Waals surface area contributed by atoms with Gasteiger partial charge in [-0.25, -0.2) is 0 Å². The minimum absolute atomic E-state index is 0.451. The first-order valence-corrected chi connectivity index (χ1v) is 8.32. The number of H-pyrrole nitrogens is 1. The molecule has 0 saturated heterocycles. The number of nitrogens with one attached hydrogen (secondary N) is 1. The Balaban J connectivity index is 1.67. The van der Waals surface area contributed by atoms with Crippen molar-refractivity contribution >= 4 is 30.0 Å². The molecule has 0 spiro atoms. The lowest BCUT2D eigenvalue weighted by Crippen LogP contribution is -1.98. The van der Waals surface area contributed by atoms with E-state index in [0.29, 0.717) is 40.4 Å². The number of nitrogens with zero attached hydrogens (tertiary/aromatic N) is 3. The van der Waals surface area contributed by atoms with Crippen molar-refractivity contribution in [1.29, 1.82) is 0 Å². The Morgan fingerprint density at radius 2 is 2.17 bits per heavy atom. The molecule has 120 valence electrons. The van der Waals surface area contributed by atoms with Crippen LogP contribution in [0.1, 0.15) is 36.6 Å². The van der Waals surface area contributed by atoms with Gasteiger partial charge in [-0.2, -0.15) is 14.9 Å². The van der Waals surface area contributed by atoms with Gasteiger partial charge in [0.15, 0.2) is 17.3 Å². The molecule has 2 aliphatic rings. The van der Waals surface area contributed by atoms with Crippen molar-refractivity contribution in [3.63, 3.8) is 0 Å². The fourth-order valence-electron chi connectivity index (χ4n) is 2.47. The smallest absolute Gasteiger partial charge is 0.216 e. The normalized spacial score (nSPS) is 17.4. The van der Waals surface area contributed by atoms with Crippen LogP contribution >= 0.6 is 23.8 Å². The average molecular weight is 351 g/mol. The fraction of sp³-hybridized carbons (Fsp3) is 0.400. The SMILES string of the molecule is S=c1[nH]nc(C2CC2)n1/N=C\c1cc(Cl)c2c(c1)OCCCO2. The van der Waals surface area contributed by atoms with Gasteiger partial charge in [0.1, 0.15) is 0 Å². The van der Waals surface area contributed by atoms with Crippen LogP contribution in [0, 0.1) is 4.77 Å². The molecule has 1 fully saturated rings. The monoisotopic (exact) mass is 350 g/mol. The number of halogens is 1. The molecule has 1 saturated carbocycles. The van der Waals surface area contributed by atoms with E-state index in [-0.39, 0.29) is 0 Å². The highest BCUT2D eigenvalue weighted by molar-refractivity contribution is 7.71. The van der Waals surface area contributed by atoms with Crippen molar-refractivity contribution in [2.75, 3.05) is 13.2 Å². The molecule has 0 amide bonds. The maximum absolute atomic E-state index is 6.29. The van der Waals surface area contributed by atoms with Gasteiger partial charge in [0.25, 0.3) is 0 Å². The first kappa shape index (κ1) is 14.7. The second kappa shape index (κ2) is 5.98. The van der Waals surface area contributed by atoms with Crippen LogP contribution in [0.2, 0.25) is 5.02 Å². The number of aromatic nitrogens is 3. The van der Waals surface area contributed by atoms with Crippen LogP contribution in [-0.4, -0.2) is 34.3 Å². The summed E-state index contributed by atoms with van der Waals surface area (Å²) in [5.74, 6) is 2.58. The Kier molecular flexibility index (Phi) is 3.82. The van der Waals surface area contributed by atoms with Gasteiger partial charge in [-0.1, -0.05) is 11.6 Å². The summed E-state index contributed by atoms with van der Waals surface area (Å²) in [6, 6.07) is 3.68. The lowest BCUT2D eigenvalue weighted by molar-refractivity contribution is 0.297. The standard InChI is InChI=1S/C15H15ClN4O2S/c16-11-6-9(7-12-13(11)22-5-1-4-21-12)8-17-20-14(10-2-3-10)18-19-15(20)23/h6-8,10H,1-5H2,(H,19,23)/b17-8-. The van der Waals surface area contributed by atoms with Crippen LogP contribution in [0.3, 0.4) is 0 Å². The van der Waals surface area contributed by atoms with E-state index in [1.54, 1.807) is 17.0 Å². The molecule has 0 unspecified atom stereocenters. The second-order valence-corrected chi connectivity index (χ2v) is 6.39. The highest BCUT2D eigenvalue weighted by Gasteiger charge is 2.29. The Morgan fingerprint density at radius 1 is 1.35 bits per heavy atom. The van der Waals surface area contributed by atoms with Gasteiger partial charge in [0.2, 0.25) is 4.77 Å². The molecule has 0 bridgehead atoms. The van der Waals surface area contributed by atoms with E-state index < -0.39 is 0 Å². The molecule has 1 aromatic heterocycles. The van der Waals surface area contributed by atoms with Crippen LogP contribution in [0.4, 0.5) is 0 Å². The number of benzene rings is 1. The van der Waals surface area contributed by atoms with Crippen LogP contribution < -0.4 is 9.47 Å². The molecule has 4 rings (SSSR count). The van der Waals surface area contributed by atoms with E-state index in [4.69, 9.17) is 33.3 Å². The Morgan fingerprint density at radius 3 is 3.00 bits per heavy atom. The van der Waals surface area contributed by atoms with E-state index in [9.17, 15) is 0 Å². The first-order valence-electron chi connectivity index (χ1n) is 7.53. The molecular weight excluding hydrogens is 336 g/mol. The van der Waals surface area contributed by atoms with Gasteiger partial charge in [0, 0.05) is 12.3 Å². The molecule has 1 aromatic carbocycles. The maximum atomic E-state index is 6.29. The van der Waals surface area contributed by atoms with Gasteiger partial charge in [-0.15, -0.1) is 0 Å². The van der Waals surface area contributed by atoms with Crippen LogP contribution in [0.15, 0.2) is 17.2 Å². The van der Waals surface area contributed by atoms with Crippen molar-refractivity contribution < 1.29 is 9.47 Å². The molecule has 8 heteroatoms. The predicted molar refractivity (Wildman–Crippen MR) is 89.4 cm³/mol. The Bertz CT molecular complexity index is 825. The quantitative estimate of drug-likeness (QED) is 0.679. The molecule has 0 radical (unpaired) electrons. The van der Waals surface area contributed by atoms with Crippen molar-refractivity contribution in [1.82, 2.24) is 14.9 Å². The van der Waals surface area contributed by atoms with Crippen LogP contribution in [0.5, 0.6) is 11.5 Å². The zero-order valence-electron chi connectivity index (χ0n) is 12.3. The van der Waals surface area contributed by atoms with Crippen molar-refractivity contribution in [3.05, 3.63) is 33.3 Å². The summed E-state index contributed by atoms with van der Waals surface area (Å²) < 4.78 is 13.5. The third-order valence-electron chi connectivity index (χ3n) is 3.76. The molecular formula is C15H15ClN4O2S. The minimum Gasteiger partial charge on any atom is -0.489 e. The molecule has 1 aliphatic heterocycles. The summed E-state index contributed by atoms with van der Waals surface area (Å²) in [6.07, 6.45) is 4.80. The fourth-order valence-corrected chi connectivity index (χ4v) is 2.93. The second-order valence-electron chi connectivity index (χ2n) is 5.60. The van der Waals surface area contributed by atoms with E-state index in [0.717, 1.165) is 30.7 Å². The van der Waals surface area contributed by atoms with Gasteiger partial charge in [-0.05, 0) is 42.8 Å². The minimum atomic E-state index is 0.451. The average Bonchev–Trinajstić information content (AvgIpc) is 3.33. The lowest BCUT2D eigenvalue weighted by atomic mass is 10.2. The first-order chi connectivity index (χ1) is 11.2. The van der Waals surface area contributed by atoms with E-state index in [2.05, 4.69) is 15.3 Å². The highest BCUT2D eigenvalue weighted by Crippen LogP contribution is 2.39. The highest BCUT2D eigenvalue weighted by atomic mass is 35.5. The topological polar surface area (TPSA) is 64.4 Å². The number of ether oxygens (including phenoxy) is 2. The number of hydrogen-bond acceptors (Lipinski definition) is 5. The molecule has 2 aromatic rings. The molecule has 1 aliphatic carbocycles. The molecule has 0 atom stereocenters. The van der Waals surface area contributed by atoms with E-state index >= 15 is 0 Å². The zero-order valence-corrected chi connectivity index (χ0v) is 13.9. The van der Waals surface area contributed by atoms with Gasteiger partial charge >= 0.3 is 0 Å². The Hall–Kier alpha value is -1.86. The summed E-state index contributed by atoms with van der Waals surface area (Å²) in [7, 11) is 0. The lowest BCUT2D eigenvalue weighted by Gasteiger charge is -2.09. The summed E-state index contributed by atoms with van der Waals surface area (Å²) in [5, 5.41) is 12.0. The third kappa shape index (κ3) is 2.98. The van der Waals surface area contributed by atoms with Crippen LogP contribution in [-0.2, 0) is 0 Å². The van der Waals surface area contributed by atoms with E-state index in [1.165, 1.54) is 0 Å². The summed E-state index contributed by atoms with van der Waals surface area (Å²) in [5.41, 5.74) is 0.823. The summed E-state index contributed by atoms with van der Waals surface area (Å²) in [4.78, 5) is 0. The number of rotatable bonds is 3. The largest absolute Gasteiger partial charge is 0.489 e. The molecule has 1 N–H and O–H groups in total. The number of aromatic amines is 1. The van der Waals surface area contributed by atoms with Crippen molar-refractivity contribution in [3.8, 4) is 11.5 Å². The van der Waals surface area contributed by atoms with E-state index in [1.807, 2.05) is 6.07 Å². The number of fused-ring (bicyclic) bond motifs is 1. The van der Waals surface area contributed by atoms with Gasteiger partial charge in [-0.3, -0.25) is 5.10 Å². The maximum Gasteiger partial charge on any atom is 0.216 e. The molecule has 6 nitrogen and oxygen atoms in total. The molecule has 2 heterocycles. The van der Waals surface area contributed by atoms with Crippen molar-refractivity contribution in [2.24, 2.45) is 5.10 Å². The van der Waals surface area contributed by atoms with Gasteiger partial charge < -0.3 is 9.47 Å². The number of hydrogen-bond donors (Lipinski definition) is 1.